The number of carbonyl (C=O) groups excluding carboxylic acids is 1. The molecule has 0 unspecified atom stereocenters. The molecule has 0 aliphatic carbocycles. The van der Waals surface area contributed by atoms with Crippen LogP contribution in [0.3, 0.4) is 0 Å². The van der Waals surface area contributed by atoms with Gasteiger partial charge in [0.25, 0.3) is 0 Å². The predicted octanol–water partition coefficient (Wildman–Crippen LogP) is 1.44. The van der Waals surface area contributed by atoms with E-state index in [1.54, 1.807) is 6.92 Å². The minimum Gasteiger partial charge on any atom is -0.461 e. The topological polar surface area (TPSA) is 78.2 Å². The first kappa shape index (κ1) is 14.6. The lowest BCUT2D eigenvalue weighted by atomic mass is 10.00. The Morgan fingerprint density at radius 2 is 2.05 bits per heavy atom. The molecular formula is C16H19N3O3. The van der Waals surface area contributed by atoms with Crippen LogP contribution in [0, 0.1) is 0 Å². The van der Waals surface area contributed by atoms with Gasteiger partial charge in [0, 0.05) is 19.6 Å². The van der Waals surface area contributed by atoms with E-state index in [1.807, 2.05) is 6.07 Å². The van der Waals surface area contributed by atoms with Gasteiger partial charge in [-0.1, -0.05) is 24.3 Å². The van der Waals surface area contributed by atoms with E-state index in [0.29, 0.717) is 12.2 Å². The number of carbonyl (C=O) groups is 1. The Bertz CT molecular complexity index is 732. The van der Waals surface area contributed by atoms with Crippen molar-refractivity contribution < 1.29 is 9.53 Å². The second-order valence-corrected chi connectivity index (χ2v) is 5.38. The van der Waals surface area contributed by atoms with Crippen LogP contribution in [-0.2, 0) is 24.2 Å². The van der Waals surface area contributed by atoms with Crippen LogP contribution < -0.4 is 5.69 Å². The predicted molar refractivity (Wildman–Crippen MR) is 81.6 cm³/mol. The molecular weight excluding hydrogens is 282 g/mol. The molecule has 0 amide bonds. The molecule has 0 radical (unpaired) electrons. The Hall–Kier alpha value is -2.34. The summed E-state index contributed by atoms with van der Waals surface area (Å²) in [6, 6.07) is 8.35. The normalized spacial score (nSPS) is 14.6. The monoisotopic (exact) mass is 301 g/mol. The lowest BCUT2D eigenvalue weighted by Gasteiger charge is -2.28. The first-order valence-corrected chi connectivity index (χ1v) is 7.44. The molecule has 2 heterocycles. The molecule has 0 spiro atoms. The fraction of sp³-hybridized carbons (Fsp3) is 0.375. The molecule has 0 atom stereocenters. The number of hydrogen-bond donors (Lipinski definition) is 2. The summed E-state index contributed by atoms with van der Waals surface area (Å²) in [6.07, 6.45) is 0.972. The van der Waals surface area contributed by atoms with E-state index in [2.05, 4.69) is 33.1 Å². The van der Waals surface area contributed by atoms with Gasteiger partial charge in [-0.3, -0.25) is 9.88 Å². The number of rotatable bonds is 4. The number of H-pyrrole nitrogens is 2. The van der Waals surface area contributed by atoms with Crippen LogP contribution in [0.2, 0.25) is 0 Å². The summed E-state index contributed by atoms with van der Waals surface area (Å²) in [5.41, 5.74) is 3.10. The number of benzene rings is 1. The Morgan fingerprint density at radius 1 is 1.27 bits per heavy atom. The molecule has 1 aliphatic rings. The molecule has 0 fully saturated rings. The molecule has 1 aromatic heterocycles. The maximum absolute atomic E-state index is 11.9. The zero-order chi connectivity index (χ0) is 15.5. The number of fused-ring (bicyclic) bond motifs is 1. The molecule has 1 aliphatic heterocycles. The Labute approximate surface area is 128 Å². The number of esters is 1. The van der Waals surface area contributed by atoms with E-state index in [-0.39, 0.29) is 18.0 Å². The van der Waals surface area contributed by atoms with Crippen molar-refractivity contribution in [1.29, 1.82) is 0 Å². The third kappa shape index (κ3) is 2.96. The van der Waals surface area contributed by atoms with Crippen LogP contribution in [0.5, 0.6) is 0 Å². The van der Waals surface area contributed by atoms with Crippen molar-refractivity contribution >= 4 is 5.97 Å². The smallest absolute Gasteiger partial charge is 0.356 e. The second kappa shape index (κ2) is 6.19. The summed E-state index contributed by atoms with van der Waals surface area (Å²) < 4.78 is 4.98. The van der Waals surface area contributed by atoms with Gasteiger partial charge in [-0.25, -0.2) is 9.59 Å². The van der Waals surface area contributed by atoms with Gasteiger partial charge in [-0.05, 0) is 24.5 Å². The first-order chi connectivity index (χ1) is 10.7. The van der Waals surface area contributed by atoms with Gasteiger partial charge < -0.3 is 9.72 Å². The van der Waals surface area contributed by atoms with Crippen LogP contribution >= 0.6 is 0 Å². The number of hydrogen-bond acceptors (Lipinski definition) is 4. The summed E-state index contributed by atoms with van der Waals surface area (Å²) in [7, 11) is 0. The van der Waals surface area contributed by atoms with Gasteiger partial charge in [-0.15, -0.1) is 0 Å². The summed E-state index contributed by atoms with van der Waals surface area (Å²) in [4.78, 5) is 30.9. The maximum atomic E-state index is 11.9. The van der Waals surface area contributed by atoms with E-state index < -0.39 is 5.97 Å². The lowest BCUT2D eigenvalue weighted by Crippen LogP contribution is -2.30. The minimum absolute atomic E-state index is 0.228. The van der Waals surface area contributed by atoms with Crippen molar-refractivity contribution in [1.82, 2.24) is 14.9 Å². The Balaban J connectivity index is 1.77. The maximum Gasteiger partial charge on any atom is 0.356 e. The molecule has 1 aromatic carbocycles. The quantitative estimate of drug-likeness (QED) is 0.838. The van der Waals surface area contributed by atoms with Crippen LogP contribution in [0.4, 0.5) is 0 Å². The minimum atomic E-state index is -0.492. The molecule has 0 bridgehead atoms. The fourth-order valence-corrected chi connectivity index (χ4v) is 2.83. The van der Waals surface area contributed by atoms with Crippen molar-refractivity contribution in [3.05, 3.63) is 57.3 Å². The van der Waals surface area contributed by atoms with Crippen molar-refractivity contribution in [2.45, 2.75) is 26.4 Å². The number of ether oxygens (including phenoxy) is 1. The third-order valence-electron chi connectivity index (χ3n) is 3.88. The van der Waals surface area contributed by atoms with Crippen LogP contribution in [0.1, 0.15) is 34.2 Å². The molecule has 3 rings (SSSR count). The highest BCUT2D eigenvalue weighted by Gasteiger charge is 2.21. The SMILES string of the molecule is CCOC(=O)c1[nH]c(=O)[nH]c1CN1CCc2ccccc2C1. The van der Waals surface area contributed by atoms with Gasteiger partial charge in [0.15, 0.2) is 0 Å². The average molecular weight is 301 g/mol. The average Bonchev–Trinajstić information content (AvgIpc) is 2.88. The molecule has 116 valence electrons. The first-order valence-electron chi connectivity index (χ1n) is 7.44. The molecule has 2 N–H and O–H groups in total. The van der Waals surface area contributed by atoms with Gasteiger partial charge in [-0.2, -0.15) is 0 Å². The lowest BCUT2D eigenvalue weighted by molar-refractivity contribution is 0.0517. The molecule has 22 heavy (non-hydrogen) atoms. The van der Waals surface area contributed by atoms with Crippen molar-refractivity contribution in [2.75, 3.05) is 13.2 Å². The number of aromatic amines is 2. The summed E-state index contributed by atoms with van der Waals surface area (Å²) in [5.74, 6) is -0.492. The Kier molecular flexibility index (Phi) is 4.11. The van der Waals surface area contributed by atoms with Gasteiger partial charge in [0.05, 0.1) is 12.3 Å². The van der Waals surface area contributed by atoms with Crippen molar-refractivity contribution in [3.8, 4) is 0 Å². The summed E-state index contributed by atoms with van der Waals surface area (Å²) in [6.45, 7) is 4.24. The zero-order valence-electron chi connectivity index (χ0n) is 12.5. The van der Waals surface area contributed by atoms with E-state index in [0.717, 1.165) is 19.5 Å². The van der Waals surface area contributed by atoms with E-state index in [1.165, 1.54) is 11.1 Å². The largest absolute Gasteiger partial charge is 0.461 e. The third-order valence-corrected chi connectivity index (χ3v) is 3.88. The summed E-state index contributed by atoms with van der Waals surface area (Å²) in [5, 5.41) is 0. The Morgan fingerprint density at radius 3 is 2.82 bits per heavy atom. The molecule has 6 nitrogen and oxygen atoms in total. The highest BCUT2D eigenvalue weighted by Crippen LogP contribution is 2.20. The fourth-order valence-electron chi connectivity index (χ4n) is 2.83. The van der Waals surface area contributed by atoms with E-state index in [9.17, 15) is 9.59 Å². The highest BCUT2D eigenvalue weighted by molar-refractivity contribution is 5.88. The molecule has 0 saturated carbocycles. The number of nitrogens with one attached hydrogen (secondary N) is 2. The van der Waals surface area contributed by atoms with E-state index >= 15 is 0 Å². The van der Waals surface area contributed by atoms with Gasteiger partial charge in [0.2, 0.25) is 0 Å². The summed E-state index contributed by atoms with van der Waals surface area (Å²) >= 11 is 0. The number of aromatic nitrogens is 2. The molecule has 2 aromatic rings. The second-order valence-electron chi connectivity index (χ2n) is 5.38. The van der Waals surface area contributed by atoms with Crippen LogP contribution in [0.15, 0.2) is 29.1 Å². The number of imidazole rings is 1. The number of nitrogens with zero attached hydrogens (tertiary/aromatic N) is 1. The van der Waals surface area contributed by atoms with Crippen molar-refractivity contribution in [2.24, 2.45) is 0 Å². The molecule has 0 saturated heterocycles. The van der Waals surface area contributed by atoms with E-state index in [4.69, 9.17) is 4.74 Å². The highest BCUT2D eigenvalue weighted by atomic mass is 16.5. The van der Waals surface area contributed by atoms with Crippen LogP contribution in [-0.4, -0.2) is 34.0 Å². The van der Waals surface area contributed by atoms with Crippen molar-refractivity contribution in [3.63, 3.8) is 0 Å². The van der Waals surface area contributed by atoms with Gasteiger partial charge >= 0.3 is 11.7 Å². The molecule has 6 heteroatoms. The zero-order valence-corrected chi connectivity index (χ0v) is 12.5. The van der Waals surface area contributed by atoms with Crippen LogP contribution in [0.25, 0.3) is 0 Å². The van der Waals surface area contributed by atoms with Gasteiger partial charge in [0.1, 0.15) is 5.69 Å². The standard InChI is InChI=1S/C16H19N3O3/c1-2-22-15(20)14-13(17-16(21)18-14)10-19-8-7-11-5-3-4-6-12(11)9-19/h3-6H,2,7-10H2,1H3,(H2,17,18,21).